The minimum Gasteiger partial charge on any atom is -0.493 e. The number of likely N-dealkylation sites (tertiary alicyclic amines) is 1. The fraction of sp³-hybridized carbons (Fsp3) is 0.684. The standard InChI is InChI=1S/C19H29NO4/c1-14-4-5-16-17(12-14)24-11-8-19(16,21)20-9-6-15(7-10-20)13-18(22-2)23-3/h4-5,12,15,18,21H,6-11,13H2,1-3H3. The molecule has 0 radical (unpaired) electrons. The van der Waals surface area contributed by atoms with Gasteiger partial charge in [-0.1, -0.05) is 12.1 Å². The van der Waals surface area contributed by atoms with E-state index in [0.29, 0.717) is 18.9 Å². The number of piperidine rings is 1. The lowest BCUT2D eigenvalue weighted by molar-refractivity contribution is -0.155. The predicted molar refractivity (Wildman–Crippen MR) is 91.9 cm³/mol. The zero-order valence-corrected chi connectivity index (χ0v) is 15.0. The first-order chi connectivity index (χ1) is 11.6. The average Bonchev–Trinajstić information content (AvgIpc) is 2.60. The largest absolute Gasteiger partial charge is 0.493 e. The number of fused-ring (bicyclic) bond motifs is 1. The van der Waals surface area contributed by atoms with E-state index in [1.165, 1.54) is 0 Å². The molecule has 1 atom stereocenters. The van der Waals surface area contributed by atoms with Gasteiger partial charge in [-0.3, -0.25) is 4.90 Å². The molecular weight excluding hydrogens is 306 g/mol. The van der Waals surface area contributed by atoms with Crippen molar-refractivity contribution in [1.82, 2.24) is 4.90 Å². The molecule has 1 aromatic carbocycles. The molecule has 5 heteroatoms. The van der Waals surface area contributed by atoms with Crippen molar-refractivity contribution in [2.24, 2.45) is 5.92 Å². The van der Waals surface area contributed by atoms with Crippen LogP contribution in [0, 0.1) is 12.8 Å². The smallest absolute Gasteiger partial charge is 0.157 e. The number of hydrogen-bond donors (Lipinski definition) is 1. The minimum absolute atomic E-state index is 0.128. The second kappa shape index (κ2) is 7.40. The number of aryl methyl sites for hydroxylation is 1. The van der Waals surface area contributed by atoms with Gasteiger partial charge in [0.25, 0.3) is 0 Å². The summed E-state index contributed by atoms with van der Waals surface area (Å²) in [6, 6.07) is 6.09. The Labute approximate surface area is 144 Å². The first-order valence-corrected chi connectivity index (χ1v) is 8.83. The molecule has 1 N–H and O–H groups in total. The summed E-state index contributed by atoms with van der Waals surface area (Å²) in [6.07, 6.45) is 3.50. The van der Waals surface area contributed by atoms with Gasteiger partial charge in [0.1, 0.15) is 5.75 Å². The quantitative estimate of drug-likeness (QED) is 0.839. The van der Waals surface area contributed by atoms with Gasteiger partial charge in [-0.25, -0.2) is 0 Å². The fourth-order valence-corrected chi connectivity index (χ4v) is 3.95. The van der Waals surface area contributed by atoms with E-state index in [0.717, 1.165) is 49.2 Å². The number of ether oxygens (including phenoxy) is 3. The number of hydrogen-bond acceptors (Lipinski definition) is 5. The molecule has 1 aromatic rings. The van der Waals surface area contributed by atoms with E-state index < -0.39 is 5.72 Å². The highest BCUT2D eigenvalue weighted by molar-refractivity contribution is 5.42. The van der Waals surface area contributed by atoms with E-state index in [2.05, 4.69) is 4.90 Å². The molecule has 3 rings (SSSR count). The van der Waals surface area contributed by atoms with Gasteiger partial charge in [0.2, 0.25) is 0 Å². The van der Waals surface area contributed by atoms with Crippen LogP contribution in [0.3, 0.4) is 0 Å². The molecule has 0 aliphatic carbocycles. The molecule has 0 aromatic heterocycles. The number of methoxy groups -OCH3 is 2. The predicted octanol–water partition coefficient (Wildman–Crippen LogP) is 2.64. The molecule has 2 aliphatic heterocycles. The van der Waals surface area contributed by atoms with Crippen molar-refractivity contribution in [3.05, 3.63) is 29.3 Å². The molecule has 2 aliphatic rings. The highest BCUT2D eigenvalue weighted by atomic mass is 16.7. The topological polar surface area (TPSA) is 51.2 Å². The average molecular weight is 335 g/mol. The van der Waals surface area contributed by atoms with E-state index in [1.54, 1.807) is 14.2 Å². The van der Waals surface area contributed by atoms with E-state index in [1.807, 2.05) is 25.1 Å². The van der Waals surface area contributed by atoms with Crippen molar-refractivity contribution >= 4 is 0 Å². The number of nitrogens with zero attached hydrogens (tertiary/aromatic N) is 1. The van der Waals surface area contributed by atoms with Gasteiger partial charge in [-0.15, -0.1) is 0 Å². The molecule has 0 bridgehead atoms. The fourth-order valence-electron chi connectivity index (χ4n) is 3.95. The van der Waals surface area contributed by atoms with Gasteiger partial charge >= 0.3 is 0 Å². The van der Waals surface area contributed by atoms with Gasteiger partial charge in [0.05, 0.1) is 6.61 Å². The molecule has 0 spiro atoms. The zero-order valence-electron chi connectivity index (χ0n) is 15.0. The molecule has 5 nitrogen and oxygen atoms in total. The van der Waals surface area contributed by atoms with Crippen LogP contribution in [0.2, 0.25) is 0 Å². The Hall–Kier alpha value is -1.14. The summed E-state index contributed by atoms with van der Waals surface area (Å²) in [5, 5.41) is 11.4. The molecular formula is C19H29NO4. The van der Waals surface area contributed by atoms with Crippen LogP contribution in [-0.4, -0.2) is 50.2 Å². The molecule has 24 heavy (non-hydrogen) atoms. The lowest BCUT2D eigenvalue weighted by Gasteiger charge is -2.46. The van der Waals surface area contributed by atoms with Crippen molar-refractivity contribution in [1.29, 1.82) is 0 Å². The van der Waals surface area contributed by atoms with Gasteiger partial charge in [-0.05, 0) is 37.3 Å². The summed E-state index contributed by atoms with van der Waals surface area (Å²) in [5.41, 5.74) is 1.15. The van der Waals surface area contributed by atoms with Crippen molar-refractivity contribution in [3.8, 4) is 5.75 Å². The van der Waals surface area contributed by atoms with Gasteiger partial charge in [0.15, 0.2) is 12.0 Å². The van der Waals surface area contributed by atoms with Crippen molar-refractivity contribution < 1.29 is 19.3 Å². The lowest BCUT2D eigenvalue weighted by Crippen LogP contribution is -2.52. The lowest BCUT2D eigenvalue weighted by atomic mass is 9.88. The van der Waals surface area contributed by atoms with Gasteiger partial charge in [-0.2, -0.15) is 0 Å². The molecule has 1 saturated heterocycles. The molecule has 0 amide bonds. The maximum atomic E-state index is 11.4. The van der Waals surface area contributed by atoms with E-state index in [-0.39, 0.29) is 6.29 Å². The van der Waals surface area contributed by atoms with Crippen LogP contribution in [0.4, 0.5) is 0 Å². The molecule has 134 valence electrons. The Morgan fingerprint density at radius 2 is 2.00 bits per heavy atom. The summed E-state index contributed by atoms with van der Waals surface area (Å²) in [4.78, 5) is 2.22. The summed E-state index contributed by atoms with van der Waals surface area (Å²) in [7, 11) is 3.37. The van der Waals surface area contributed by atoms with Crippen LogP contribution in [0.25, 0.3) is 0 Å². The van der Waals surface area contributed by atoms with Crippen LogP contribution in [-0.2, 0) is 15.2 Å². The van der Waals surface area contributed by atoms with Crippen LogP contribution >= 0.6 is 0 Å². The maximum Gasteiger partial charge on any atom is 0.157 e. The Kier molecular flexibility index (Phi) is 5.45. The number of benzene rings is 1. The number of aliphatic hydroxyl groups is 1. The highest BCUT2D eigenvalue weighted by Crippen LogP contribution is 2.41. The van der Waals surface area contributed by atoms with Gasteiger partial charge < -0.3 is 19.3 Å². The zero-order chi connectivity index (χ0) is 17.2. The first kappa shape index (κ1) is 17.7. The van der Waals surface area contributed by atoms with E-state index >= 15 is 0 Å². The monoisotopic (exact) mass is 335 g/mol. The second-order valence-electron chi connectivity index (χ2n) is 6.98. The van der Waals surface area contributed by atoms with Crippen molar-refractivity contribution in [2.75, 3.05) is 33.9 Å². The van der Waals surface area contributed by atoms with E-state index in [9.17, 15) is 5.11 Å². The Morgan fingerprint density at radius 3 is 2.67 bits per heavy atom. The maximum absolute atomic E-state index is 11.4. The van der Waals surface area contributed by atoms with Crippen molar-refractivity contribution in [2.45, 2.75) is 44.6 Å². The Balaban J connectivity index is 1.68. The second-order valence-corrected chi connectivity index (χ2v) is 6.98. The van der Waals surface area contributed by atoms with Crippen molar-refractivity contribution in [3.63, 3.8) is 0 Å². The van der Waals surface area contributed by atoms with E-state index in [4.69, 9.17) is 14.2 Å². The summed E-state index contributed by atoms with van der Waals surface area (Å²) < 4.78 is 16.4. The van der Waals surface area contributed by atoms with Crippen LogP contribution < -0.4 is 4.74 Å². The third-order valence-corrected chi connectivity index (χ3v) is 5.47. The summed E-state index contributed by atoms with van der Waals surface area (Å²) >= 11 is 0. The molecule has 2 heterocycles. The first-order valence-electron chi connectivity index (χ1n) is 8.83. The SMILES string of the molecule is COC(CC1CCN(C2(O)CCOc3cc(C)ccc32)CC1)OC. The summed E-state index contributed by atoms with van der Waals surface area (Å²) in [5.74, 6) is 1.40. The molecule has 1 unspecified atom stereocenters. The van der Waals surface area contributed by atoms with Crippen LogP contribution in [0.1, 0.15) is 36.8 Å². The molecule has 0 saturated carbocycles. The third-order valence-electron chi connectivity index (χ3n) is 5.47. The Morgan fingerprint density at radius 1 is 1.29 bits per heavy atom. The van der Waals surface area contributed by atoms with Crippen LogP contribution in [0.5, 0.6) is 5.75 Å². The van der Waals surface area contributed by atoms with Gasteiger partial charge in [0, 0.05) is 45.7 Å². The minimum atomic E-state index is -0.909. The number of rotatable bonds is 5. The highest BCUT2D eigenvalue weighted by Gasteiger charge is 2.42. The normalized spacial score (nSPS) is 25.5. The third kappa shape index (κ3) is 3.45. The Bertz CT molecular complexity index is 552. The molecule has 1 fully saturated rings. The van der Waals surface area contributed by atoms with Crippen LogP contribution in [0.15, 0.2) is 18.2 Å². The summed E-state index contributed by atoms with van der Waals surface area (Å²) in [6.45, 7) is 4.37.